The van der Waals surface area contributed by atoms with Crippen LogP contribution in [-0.4, -0.2) is 17.5 Å². The number of anilines is 1. The Morgan fingerprint density at radius 2 is 1.67 bits per heavy atom. The van der Waals surface area contributed by atoms with Crippen molar-refractivity contribution in [1.29, 1.82) is 0 Å². The minimum atomic E-state index is -0.734. The van der Waals surface area contributed by atoms with Crippen molar-refractivity contribution >= 4 is 17.6 Å². The molecule has 1 aromatic rings. The highest BCUT2D eigenvalue weighted by molar-refractivity contribution is 6.23. The van der Waals surface area contributed by atoms with E-state index >= 15 is 0 Å². The van der Waals surface area contributed by atoms with Gasteiger partial charge in [-0.3, -0.25) is 4.79 Å². The maximum atomic E-state index is 12.4. The van der Waals surface area contributed by atoms with Crippen LogP contribution >= 0.6 is 0 Å². The lowest BCUT2D eigenvalue weighted by Crippen LogP contribution is -2.45. The molecule has 1 aliphatic heterocycles. The molecule has 1 saturated heterocycles. The van der Waals surface area contributed by atoms with Crippen LogP contribution in [0, 0.1) is 6.92 Å². The first-order chi connectivity index (χ1) is 8.54. The van der Waals surface area contributed by atoms with Crippen molar-refractivity contribution in [2.24, 2.45) is 0 Å². The van der Waals surface area contributed by atoms with E-state index in [0.717, 1.165) is 5.56 Å². The van der Waals surface area contributed by atoms with E-state index in [2.05, 4.69) is 5.32 Å². The molecular formula is C14H18N2O2. The molecule has 0 unspecified atom stereocenters. The number of imide groups is 1. The van der Waals surface area contributed by atoms with Crippen LogP contribution < -0.4 is 10.2 Å². The quantitative estimate of drug-likeness (QED) is 0.833. The van der Waals surface area contributed by atoms with Crippen LogP contribution in [0.3, 0.4) is 0 Å². The number of rotatable bonds is 3. The maximum absolute atomic E-state index is 12.4. The first kappa shape index (κ1) is 12.6. The van der Waals surface area contributed by atoms with E-state index < -0.39 is 5.54 Å². The van der Waals surface area contributed by atoms with Gasteiger partial charge in [0.1, 0.15) is 5.54 Å². The Morgan fingerprint density at radius 3 is 2.11 bits per heavy atom. The molecule has 4 nitrogen and oxygen atoms in total. The standard InChI is InChI=1S/C14H18N2O2/c1-4-14(5-2)12(17)16(13(18)15-14)11-8-6-10(3)7-9-11/h6-9H,4-5H2,1-3H3,(H,15,18). The predicted octanol–water partition coefficient (Wildman–Crippen LogP) is 2.61. The third kappa shape index (κ3) is 1.78. The lowest BCUT2D eigenvalue weighted by Gasteiger charge is -2.23. The number of amides is 3. The second-order valence-corrected chi connectivity index (χ2v) is 4.70. The summed E-state index contributed by atoms with van der Waals surface area (Å²) in [5.41, 5.74) is 0.997. The smallest absolute Gasteiger partial charge is 0.323 e. The third-order valence-corrected chi connectivity index (χ3v) is 3.66. The van der Waals surface area contributed by atoms with Gasteiger partial charge in [0.25, 0.3) is 5.91 Å². The molecule has 96 valence electrons. The van der Waals surface area contributed by atoms with Gasteiger partial charge in [-0.1, -0.05) is 31.5 Å². The number of hydrogen-bond acceptors (Lipinski definition) is 2. The van der Waals surface area contributed by atoms with Gasteiger partial charge in [-0.15, -0.1) is 0 Å². The average molecular weight is 246 g/mol. The zero-order chi connectivity index (χ0) is 13.3. The topological polar surface area (TPSA) is 49.4 Å². The molecule has 1 fully saturated rings. The summed E-state index contributed by atoms with van der Waals surface area (Å²) in [5.74, 6) is -0.152. The Hall–Kier alpha value is -1.84. The molecule has 18 heavy (non-hydrogen) atoms. The summed E-state index contributed by atoms with van der Waals surface area (Å²) < 4.78 is 0. The Kier molecular flexibility index (Phi) is 3.11. The number of hydrogen-bond donors (Lipinski definition) is 1. The van der Waals surface area contributed by atoms with E-state index in [4.69, 9.17) is 0 Å². The molecule has 0 saturated carbocycles. The van der Waals surface area contributed by atoms with E-state index in [0.29, 0.717) is 18.5 Å². The summed E-state index contributed by atoms with van der Waals surface area (Å²) in [5, 5.41) is 2.82. The molecule has 0 aliphatic carbocycles. The van der Waals surface area contributed by atoms with Gasteiger partial charge in [0.2, 0.25) is 0 Å². The van der Waals surface area contributed by atoms with E-state index in [9.17, 15) is 9.59 Å². The number of nitrogens with one attached hydrogen (secondary N) is 1. The first-order valence-electron chi connectivity index (χ1n) is 6.27. The van der Waals surface area contributed by atoms with Gasteiger partial charge in [-0.05, 0) is 31.9 Å². The monoisotopic (exact) mass is 246 g/mol. The molecule has 0 aromatic heterocycles. The fourth-order valence-electron chi connectivity index (χ4n) is 2.28. The van der Waals surface area contributed by atoms with Gasteiger partial charge >= 0.3 is 6.03 Å². The molecule has 3 amide bonds. The molecule has 0 bridgehead atoms. The molecule has 0 spiro atoms. The first-order valence-corrected chi connectivity index (χ1v) is 6.27. The summed E-state index contributed by atoms with van der Waals surface area (Å²) in [4.78, 5) is 25.7. The van der Waals surface area contributed by atoms with Crippen LogP contribution in [0.2, 0.25) is 0 Å². The second kappa shape index (κ2) is 4.44. The fraction of sp³-hybridized carbons (Fsp3) is 0.429. The molecule has 2 rings (SSSR count). The summed E-state index contributed by atoms with van der Waals surface area (Å²) in [6.07, 6.45) is 1.22. The summed E-state index contributed by atoms with van der Waals surface area (Å²) >= 11 is 0. The number of aryl methyl sites for hydroxylation is 1. The van der Waals surface area contributed by atoms with Crippen LogP contribution in [-0.2, 0) is 4.79 Å². The zero-order valence-electron chi connectivity index (χ0n) is 11.0. The van der Waals surface area contributed by atoms with E-state index in [1.54, 1.807) is 12.1 Å². The molecule has 1 heterocycles. The Bertz CT molecular complexity index is 475. The van der Waals surface area contributed by atoms with Crippen molar-refractivity contribution in [1.82, 2.24) is 5.32 Å². The van der Waals surface area contributed by atoms with Crippen molar-refractivity contribution in [2.75, 3.05) is 4.90 Å². The van der Waals surface area contributed by atoms with Gasteiger partial charge in [-0.2, -0.15) is 0 Å². The minimum absolute atomic E-state index is 0.152. The largest absolute Gasteiger partial charge is 0.329 e. The van der Waals surface area contributed by atoms with E-state index in [1.165, 1.54) is 4.90 Å². The second-order valence-electron chi connectivity index (χ2n) is 4.70. The lowest BCUT2D eigenvalue weighted by molar-refractivity contribution is -0.122. The van der Waals surface area contributed by atoms with Crippen molar-refractivity contribution in [3.63, 3.8) is 0 Å². The van der Waals surface area contributed by atoms with Crippen LogP contribution in [0.1, 0.15) is 32.3 Å². The van der Waals surface area contributed by atoms with Crippen molar-refractivity contribution in [3.8, 4) is 0 Å². The average Bonchev–Trinajstić information content (AvgIpc) is 2.63. The highest BCUT2D eigenvalue weighted by Crippen LogP contribution is 2.29. The molecule has 4 heteroatoms. The van der Waals surface area contributed by atoms with E-state index in [-0.39, 0.29) is 11.9 Å². The molecule has 0 atom stereocenters. The summed E-state index contributed by atoms with van der Waals surface area (Å²) in [6, 6.07) is 7.07. The highest BCUT2D eigenvalue weighted by Gasteiger charge is 2.49. The van der Waals surface area contributed by atoms with Crippen LogP contribution in [0.5, 0.6) is 0 Å². The number of urea groups is 1. The molecular weight excluding hydrogens is 228 g/mol. The van der Waals surface area contributed by atoms with Crippen LogP contribution in [0.25, 0.3) is 0 Å². The zero-order valence-corrected chi connectivity index (χ0v) is 11.0. The summed E-state index contributed by atoms with van der Waals surface area (Å²) in [6.45, 7) is 5.80. The van der Waals surface area contributed by atoms with Crippen LogP contribution in [0.15, 0.2) is 24.3 Å². The number of carbonyl (C=O) groups excluding carboxylic acids is 2. The number of benzene rings is 1. The van der Waals surface area contributed by atoms with E-state index in [1.807, 2.05) is 32.9 Å². The fourth-order valence-corrected chi connectivity index (χ4v) is 2.28. The molecule has 1 aliphatic rings. The van der Waals surface area contributed by atoms with Gasteiger partial charge in [0, 0.05) is 0 Å². The Balaban J connectivity index is 2.38. The molecule has 0 radical (unpaired) electrons. The van der Waals surface area contributed by atoms with Crippen molar-refractivity contribution < 1.29 is 9.59 Å². The number of nitrogens with zero attached hydrogens (tertiary/aromatic N) is 1. The third-order valence-electron chi connectivity index (χ3n) is 3.66. The maximum Gasteiger partial charge on any atom is 0.329 e. The summed E-state index contributed by atoms with van der Waals surface area (Å²) in [7, 11) is 0. The number of carbonyl (C=O) groups is 2. The normalized spacial score (nSPS) is 18.1. The lowest BCUT2D eigenvalue weighted by atomic mass is 9.93. The van der Waals surface area contributed by atoms with Gasteiger partial charge in [-0.25, -0.2) is 9.69 Å². The van der Waals surface area contributed by atoms with Crippen molar-refractivity contribution in [2.45, 2.75) is 39.2 Å². The Labute approximate surface area is 107 Å². The van der Waals surface area contributed by atoms with Crippen LogP contribution in [0.4, 0.5) is 10.5 Å². The molecule has 1 aromatic carbocycles. The minimum Gasteiger partial charge on any atom is -0.323 e. The molecule has 1 N–H and O–H groups in total. The van der Waals surface area contributed by atoms with Gasteiger partial charge in [0.15, 0.2) is 0 Å². The van der Waals surface area contributed by atoms with Crippen molar-refractivity contribution in [3.05, 3.63) is 29.8 Å². The SMILES string of the molecule is CCC1(CC)NC(=O)N(c2ccc(C)cc2)C1=O. The predicted molar refractivity (Wildman–Crippen MR) is 70.5 cm³/mol. The van der Waals surface area contributed by atoms with Gasteiger partial charge in [0.05, 0.1) is 5.69 Å². The van der Waals surface area contributed by atoms with Gasteiger partial charge < -0.3 is 5.32 Å². The highest BCUT2D eigenvalue weighted by atomic mass is 16.2. The Morgan fingerprint density at radius 1 is 1.11 bits per heavy atom.